The monoisotopic (exact) mass is 1550 g/mol. The number of carbonyl (C=O) groups is 16. The maximum atomic E-state index is 11.4. The molecule has 16 N–H and O–H groups in total. The molecule has 0 aliphatic carbocycles. The number of hydrogen-bond donors (Lipinski definition) is 14. The van der Waals surface area contributed by atoms with Crippen molar-refractivity contribution >= 4 is 95.5 Å². The molecule has 0 aromatic rings. The predicted molar refractivity (Wildman–Crippen MR) is 300 cm³/mol. The van der Waals surface area contributed by atoms with Crippen LogP contribution >= 0.6 is 0 Å². The zero-order chi connectivity index (χ0) is 85.6. The van der Waals surface area contributed by atoms with E-state index in [1.807, 2.05) is 0 Å². The average molecular weight is 1550 g/mol. The lowest BCUT2D eigenvalue weighted by atomic mass is 10.3. The molecule has 0 fully saturated rings. The Morgan fingerprint density at radius 2 is 0.448 bits per heavy atom. The van der Waals surface area contributed by atoms with Crippen LogP contribution in [-0.2, 0) is 110 Å². The predicted octanol–water partition coefficient (Wildman–Crippen LogP) is -21.8. The molecule has 20 atom stereocenters. The Hall–Kier alpha value is -9.24. The minimum atomic E-state index is -3.25. The third kappa shape index (κ3) is 87.1. The Morgan fingerprint density at radius 3 is 0.610 bits per heavy atom. The first-order valence-corrected chi connectivity index (χ1v) is 27.9. The number of carbonyl (C=O) groups excluding carboxylic acids is 13. The van der Waals surface area contributed by atoms with Gasteiger partial charge in [0.15, 0.2) is 12.2 Å². The molecule has 105 heavy (non-hydrogen) atoms. The molecule has 20 unspecified atom stereocenters. The fourth-order valence-electron chi connectivity index (χ4n) is 2.43. The van der Waals surface area contributed by atoms with E-state index in [4.69, 9.17) is 66.4 Å². The summed E-state index contributed by atoms with van der Waals surface area (Å²) in [5.74, 6) is -27.4. The van der Waals surface area contributed by atoms with Crippen molar-refractivity contribution in [2.24, 2.45) is 0 Å². The Morgan fingerprint density at radius 1 is 0.267 bits per heavy atom. The molecule has 0 spiro atoms. The Labute approximate surface area is 594 Å². The Kier molecular flexibility index (Phi) is 79.7. The largest absolute Gasteiger partial charge is 0.870 e. The smallest absolute Gasteiger partial charge is 0.347 e. The van der Waals surface area contributed by atoms with Gasteiger partial charge in [-0.15, -0.1) is 0 Å². The van der Waals surface area contributed by atoms with Crippen LogP contribution < -0.4 is 61.3 Å². The van der Waals surface area contributed by atoms with Crippen LogP contribution in [0.1, 0.15) is 125 Å². The van der Waals surface area contributed by atoms with Crippen molar-refractivity contribution in [3.8, 4) is 0 Å². The van der Waals surface area contributed by atoms with Crippen LogP contribution in [0.25, 0.3) is 0 Å². The molecule has 0 heterocycles. The van der Waals surface area contributed by atoms with E-state index in [9.17, 15) is 143 Å². The van der Waals surface area contributed by atoms with Gasteiger partial charge in [-0.3, -0.25) is 0 Å². The van der Waals surface area contributed by atoms with Crippen LogP contribution in [0.15, 0.2) is 0 Å². The zero-order valence-electron chi connectivity index (χ0n) is 58.8. The quantitative estimate of drug-likeness (QED) is 0.0206. The van der Waals surface area contributed by atoms with Crippen LogP contribution in [0, 0.1) is 0 Å². The highest BCUT2D eigenvalue weighted by Gasteiger charge is 2.30. The lowest BCUT2D eigenvalue weighted by molar-refractivity contribution is -0.646. The number of rotatable bonds is 27. The summed E-state index contributed by atoms with van der Waals surface area (Å²) in [6.45, 7) is 20.0. The van der Waals surface area contributed by atoms with E-state index < -0.39 is 217 Å². The van der Waals surface area contributed by atoms with Gasteiger partial charge in [0.05, 0.1) is 66.3 Å². The van der Waals surface area contributed by atoms with Crippen molar-refractivity contribution in [3.63, 3.8) is 0 Å². The standard InChI is InChI=1S/C9H15O8.C9H14O7.C6H11O6.2C6H10O5.4C3H6O3.2C3H5O3.2H2O/c1-4(10)8(13)16-6(3)9(14,15)17-5(2)7(11)12;1-4(10)8(13)16-6(3)9(14)15-5(2)7(11)12;1-3(5(8)9)12-6(10,11)4(2)7;2*1-3(7)6(10)11-4(2)5(8)9;6*1-2(4)3(5)6;;/h4-6,10,14H,1-3H3,(H,11,12);4-6,10H,1-3H3,(H,11,12);3-4,7,10H,1-2H3,(H,8,9);2*3-4,7H,1-2H3,(H,8,9);4*2,4H,1H3,(H,5,6);2*2H,1H3,(H,5,6);2*1H2/q-1;;-1;;;;;;;2*-1;;/p-10. The number of carboxylic acid groups (broad SMARTS) is 11. The molecular formula is C54H88O51-14. The number of aliphatic hydroxyl groups excluding tert-OH is 9. The summed E-state index contributed by atoms with van der Waals surface area (Å²) in [7, 11) is 0. The number of esters is 5. The molecule has 0 aromatic heterocycles. The van der Waals surface area contributed by atoms with E-state index in [0.717, 1.165) is 76.2 Å². The van der Waals surface area contributed by atoms with Gasteiger partial charge in [0.1, 0.15) is 66.9 Å². The average Bonchev–Trinajstić information content (AvgIpc) is 0.867. The summed E-state index contributed by atoms with van der Waals surface area (Å²) in [6.07, 6.45) is -25.7. The molecule has 0 saturated heterocycles. The summed E-state index contributed by atoms with van der Waals surface area (Å²) in [5, 5.41) is 236. The second-order valence-electron chi connectivity index (χ2n) is 19.1. The van der Waals surface area contributed by atoms with Gasteiger partial charge < -0.3 is 215 Å². The molecule has 0 radical (unpaired) electrons. The highest BCUT2D eigenvalue weighted by molar-refractivity contribution is 5.83. The first-order valence-electron chi connectivity index (χ1n) is 27.9. The van der Waals surface area contributed by atoms with Crippen LogP contribution in [-0.4, -0.2) is 300 Å². The first kappa shape index (κ1) is 126. The van der Waals surface area contributed by atoms with Crippen molar-refractivity contribution in [3.05, 3.63) is 0 Å². The Bertz CT molecular complexity index is 2330. The summed E-state index contributed by atoms with van der Waals surface area (Å²) < 4.78 is 30.0. The normalized spacial score (nSPS) is 15.9. The van der Waals surface area contributed by atoms with Gasteiger partial charge in [-0.25, -0.2) is 38.4 Å². The van der Waals surface area contributed by atoms with E-state index in [2.05, 4.69) is 33.2 Å². The van der Waals surface area contributed by atoms with E-state index >= 15 is 0 Å². The van der Waals surface area contributed by atoms with Crippen LogP contribution in [0.3, 0.4) is 0 Å². The van der Waals surface area contributed by atoms with Gasteiger partial charge >= 0.3 is 47.8 Å². The number of aliphatic carboxylic acids is 11. The molecule has 0 aliphatic rings. The van der Waals surface area contributed by atoms with Crippen LogP contribution in [0.2, 0.25) is 0 Å². The second kappa shape index (κ2) is 66.7. The van der Waals surface area contributed by atoms with Crippen LogP contribution in [0.4, 0.5) is 0 Å². The minimum absolute atomic E-state index is 0. The molecule has 624 valence electrons. The molecular weight excluding hydrogens is 1460 g/mol. The lowest BCUT2D eigenvalue weighted by Gasteiger charge is -2.41. The minimum Gasteiger partial charge on any atom is -0.870 e. The zero-order valence-corrected chi connectivity index (χ0v) is 58.8. The summed E-state index contributed by atoms with van der Waals surface area (Å²) in [5.41, 5.74) is 0. The molecule has 0 rings (SSSR count). The SMILES string of the molecule is CC(O)C(=O)O.CC(O)C(=O)O.CC(O)C(=O)OC(C)C(=O)O.CC(O)C(=O)OC(C)C(=O)OC(C)C(=O)[O-].CC(O)C(=O)OC(C)C(=O)[O-].CC(O)C(=O)OC(C)C([O-])(O)OC(C)C(=O)[O-].CC(O)C(=O)[O-].CC(O)C(=O)[O-].CC(OC([O-])(O)C(C)O)C(=O)[O-].CC([O-])C(=O)[O-].CC([O-])C(=O)[O-].[OH-].[OH-]. The lowest BCUT2D eigenvalue weighted by Crippen LogP contribution is -2.59. The van der Waals surface area contributed by atoms with Gasteiger partial charge in [0, 0.05) is 11.9 Å². The van der Waals surface area contributed by atoms with Crippen molar-refractivity contribution in [2.75, 3.05) is 0 Å². The third-order valence-electron chi connectivity index (χ3n) is 8.63. The number of hydrogen-bond acceptors (Lipinski definition) is 48. The molecule has 0 aromatic carbocycles. The summed E-state index contributed by atoms with van der Waals surface area (Å²) in [4.78, 5) is 161. The van der Waals surface area contributed by atoms with Gasteiger partial charge in [-0.1, -0.05) is 26.1 Å². The van der Waals surface area contributed by atoms with E-state index in [1.165, 1.54) is 48.5 Å². The highest BCUT2D eigenvalue weighted by Crippen LogP contribution is 2.13. The van der Waals surface area contributed by atoms with Gasteiger partial charge in [-0.05, 0) is 111 Å². The molecule has 0 aliphatic heterocycles. The van der Waals surface area contributed by atoms with Crippen molar-refractivity contribution < 1.29 is 254 Å². The summed E-state index contributed by atoms with van der Waals surface area (Å²) >= 11 is 0. The van der Waals surface area contributed by atoms with Crippen LogP contribution in [0.5, 0.6) is 0 Å². The maximum absolute atomic E-state index is 11.4. The Balaban J connectivity index is -0.0000000823. The number of aliphatic hydroxyl groups is 11. The molecule has 51 heteroatoms. The van der Waals surface area contributed by atoms with Gasteiger partial charge in [0.25, 0.3) is 0 Å². The van der Waals surface area contributed by atoms with Crippen molar-refractivity contribution in [2.45, 2.75) is 246 Å². The topological polar surface area (TPSA) is 958 Å². The molecule has 0 bridgehead atoms. The van der Waals surface area contributed by atoms with Crippen molar-refractivity contribution in [1.82, 2.24) is 0 Å². The number of carboxylic acids is 11. The first-order chi connectivity index (χ1) is 45.8. The molecule has 51 nitrogen and oxygen atoms in total. The molecule has 0 amide bonds. The number of ether oxygens (including phenoxy) is 7. The van der Waals surface area contributed by atoms with Gasteiger partial charge in [-0.2, -0.15) is 0 Å². The maximum Gasteiger partial charge on any atom is 0.347 e. The van der Waals surface area contributed by atoms with Gasteiger partial charge in [0.2, 0.25) is 0 Å². The van der Waals surface area contributed by atoms with Crippen molar-refractivity contribution in [1.29, 1.82) is 0 Å². The second-order valence-corrected chi connectivity index (χ2v) is 19.1. The summed E-state index contributed by atoms with van der Waals surface area (Å²) in [6, 6.07) is 0. The van der Waals surface area contributed by atoms with E-state index in [0.29, 0.717) is 0 Å². The molecule has 0 saturated carbocycles. The third-order valence-corrected chi connectivity index (χ3v) is 8.63. The van der Waals surface area contributed by atoms with E-state index in [1.54, 1.807) is 0 Å². The fraction of sp³-hybridized carbons (Fsp3) is 0.704. The van der Waals surface area contributed by atoms with E-state index in [-0.39, 0.29) is 11.0 Å². The highest BCUT2D eigenvalue weighted by atomic mass is 16.8. The fourth-order valence-corrected chi connectivity index (χ4v) is 2.43.